The van der Waals surface area contributed by atoms with E-state index in [1.165, 1.54) is 0 Å². The Morgan fingerprint density at radius 2 is 1.42 bits per heavy atom. The van der Waals surface area contributed by atoms with Crippen molar-refractivity contribution in [2.24, 2.45) is 5.11 Å². The van der Waals surface area contributed by atoms with Crippen LogP contribution in [0.2, 0.25) is 5.04 Å². The van der Waals surface area contributed by atoms with E-state index in [0.717, 1.165) is 26.7 Å². The Labute approximate surface area is 293 Å². The van der Waals surface area contributed by atoms with Gasteiger partial charge in [-0.3, -0.25) is 0 Å². The highest BCUT2D eigenvalue weighted by molar-refractivity contribution is 6.99. The van der Waals surface area contributed by atoms with Gasteiger partial charge in [-0.05, 0) is 55.5 Å². The maximum Gasteiger partial charge on any atom is 0.338 e. The molecule has 0 saturated carbocycles. The van der Waals surface area contributed by atoms with Crippen molar-refractivity contribution in [2.75, 3.05) is 6.61 Å². The Balaban J connectivity index is 1.35. The molecule has 0 radical (unpaired) electrons. The fourth-order valence-electron chi connectivity index (χ4n) is 6.74. The quantitative estimate of drug-likeness (QED) is 0.0529. The van der Waals surface area contributed by atoms with Gasteiger partial charge in [0.2, 0.25) is 0 Å². The highest BCUT2D eigenvalue weighted by atomic mass is 28.4. The number of carbonyl (C=O) groups is 1. The molecular formula is C40H41N3O6Si. The molecule has 0 aromatic heterocycles. The molecule has 5 aromatic carbocycles. The van der Waals surface area contributed by atoms with Gasteiger partial charge in [0.05, 0.1) is 18.8 Å². The van der Waals surface area contributed by atoms with Crippen LogP contribution in [0.25, 0.3) is 21.2 Å². The lowest BCUT2D eigenvalue weighted by molar-refractivity contribution is -0.267. The van der Waals surface area contributed by atoms with Crippen LogP contribution >= 0.6 is 0 Å². The molecule has 50 heavy (non-hydrogen) atoms. The lowest BCUT2D eigenvalue weighted by Gasteiger charge is -2.46. The standard InChI is InChI=1S/C40H41N3O6Si/c1-40(2,3)50(32-19-9-5-10-20-32,33-21-11-6-12-22-33)47-27-34-36(44)37(49-38(45)30-16-7-4-8-17-30)35(42-43-41)39(48-34)46-26-28-23-24-29-15-13-14-18-31(29)25-28/h4-25,34-37,39,44H,26-27H2,1-3H3/t34?,35?,36-,37-,39?/m1/s1. The van der Waals surface area contributed by atoms with Gasteiger partial charge >= 0.3 is 5.97 Å². The van der Waals surface area contributed by atoms with Gasteiger partial charge in [0.25, 0.3) is 8.32 Å². The van der Waals surface area contributed by atoms with Crippen LogP contribution in [-0.4, -0.2) is 56.6 Å². The number of hydrogen-bond donors (Lipinski definition) is 1. The Morgan fingerprint density at radius 1 is 0.840 bits per heavy atom. The number of ether oxygens (including phenoxy) is 3. The zero-order valence-electron chi connectivity index (χ0n) is 28.3. The van der Waals surface area contributed by atoms with Crippen molar-refractivity contribution >= 4 is 35.4 Å². The molecule has 10 heteroatoms. The average molecular weight is 688 g/mol. The molecule has 6 rings (SSSR count). The molecule has 1 N–H and O–H groups in total. The first-order valence-corrected chi connectivity index (χ1v) is 18.6. The lowest BCUT2D eigenvalue weighted by atomic mass is 9.97. The summed E-state index contributed by atoms with van der Waals surface area (Å²) in [5.41, 5.74) is 10.8. The molecule has 1 aliphatic heterocycles. The Hall–Kier alpha value is -4.80. The number of nitrogens with zero attached hydrogens (tertiary/aromatic N) is 3. The second kappa shape index (κ2) is 15.4. The molecule has 0 aliphatic carbocycles. The highest BCUT2D eigenvalue weighted by Crippen LogP contribution is 2.38. The van der Waals surface area contributed by atoms with Gasteiger partial charge in [0.1, 0.15) is 24.4 Å². The first-order chi connectivity index (χ1) is 24.2. The number of benzene rings is 5. The van der Waals surface area contributed by atoms with E-state index in [9.17, 15) is 15.4 Å². The lowest BCUT2D eigenvalue weighted by Crippen LogP contribution is -2.68. The summed E-state index contributed by atoms with van der Waals surface area (Å²) in [5.74, 6) is -0.672. The molecule has 1 fully saturated rings. The van der Waals surface area contributed by atoms with Crippen molar-refractivity contribution in [3.8, 4) is 0 Å². The molecule has 0 spiro atoms. The second-order valence-corrected chi connectivity index (χ2v) is 17.7. The number of fused-ring (bicyclic) bond motifs is 1. The van der Waals surface area contributed by atoms with Crippen molar-refractivity contribution in [1.29, 1.82) is 0 Å². The fourth-order valence-corrected chi connectivity index (χ4v) is 11.3. The van der Waals surface area contributed by atoms with Gasteiger partial charge in [-0.15, -0.1) is 0 Å². The number of esters is 1. The zero-order chi connectivity index (χ0) is 35.1. The van der Waals surface area contributed by atoms with E-state index in [1.807, 2.05) is 78.9 Å². The van der Waals surface area contributed by atoms with Gasteiger partial charge in [0.15, 0.2) is 6.29 Å². The summed E-state index contributed by atoms with van der Waals surface area (Å²) in [6.45, 7) is 6.55. The summed E-state index contributed by atoms with van der Waals surface area (Å²) in [6, 6.07) is 41.6. The van der Waals surface area contributed by atoms with Crippen molar-refractivity contribution in [3.63, 3.8) is 0 Å². The summed E-state index contributed by atoms with van der Waals surface area (Å²) in [4.78, 5) is 16.4. The monoisotopic (exact) mass is 687 g/mol. The summed E-state index contributed by atoms with van der Waals surface area (Å²) < 4.78 is 25.8. The Bertz CT molecular complexity index is 1890. The van der Waals surface area contributed by atoms with Gasteiger partial charge < -0.3 is 23.7 Å². The van der Waals surface area contributed by atoms with E-state index in [-0.39, 0.29) is 18.3 Å². The van der Waals surface area contributed by atoms with Crippen LogP contribution in [-0.2, 0) is 25.2 Å². The zero-order valence-corrected chi connectivity index (χ0v) is 29.3. The summed E-state index contributed by atoms with van der Waals surface area (Å²) >= 11 is 0. The first-order valence-electron chi connectivity index (χ1n) is 16.7. The molecule has 5 atom stereocenters. The molecule has 0 amide bonds. The fraction of sp³-hybridized carbons (Fsp3) is 0.275. The Kier molecular flexibility index (Phi) is 10.8. The van der Waals surface area contributed by atoms with E-state index in [1.54, 1.807) is 30.3 Å². The van der Waals surface area contributed by atoms with Crippen molar-refractivity contribution in [3.05, 3.63) is 155 Å². The van der Waals surface area contributed by atoms with Crippen LogP contribution in [0, 0.1) is 0 Å². The third-order valence-electron chi connectivity index (χ3n) is 9.19. The molecule has 1 heterocycles. The van der Waals surface area contributed by atoms with Gasteiger partial charge in [-0.2, -0.15) is 0 Å². The van der Waals surface area contributed by atoms with Crippen molar-refractivity contribution in [2.45, 2.75) is 63.1 Å². The van der Waals surface area contributed by atoms with Gasteiger partial charge in [-0.1, -0.05) is 141 Å². The van der Waals surface area contributed by atoms with Crippen LogP contribution in [0.5, 0.6) is 0 Å². The molecule has 1 aliphatic rings. The summed E-state index contributed by atoms with van der Waals surface area (Å²) in [5, 5.41) is 19.7. The third-order valence-corrected chi connectivity index (χ3v) is 14.2. The van der Waals surface area contributed by atoms with E-state index >= 15 is 0 Å². The minimum Gasteiger partial charge on any atom is -0.455 e. The van der Waals surface area contributed by atoms with Crippen LogP contribution < -0.4 is 10.4 Å². The summed E-state index contributed by atoms with van der Waals surface area (Å²) in [7, 11) is -3.04. The third kappa shape index (κ3) is 7.36. The maximum atomic E-state index is 13.4. The molecular weight excluding hydrogens is 647 g/mol. The largest absolute Gasteiger partial charge is 0.455 e. The summed E-state index contributed by atoms with van der Waals surface area (Å²) in [6.07, 6.45) is -4.86. The molecule has 9 nitrogen and oxygen atoms in total. The number of carbonyl (C=O) groups excluding carboxylic acids is 1. The molecule has 3 unspecified atom stereocenters. The van der Waals surface area contributed by atoms with Crippen molar-refractivity contribution < 1.29 is 28.5 Å². The predicted octanol–water partition coefficient (Wildman–Crippen LogP) is 6.92. The van der Waals surface area contributed by atoms with Crippen LogP contribution in [0.3, 0.4) is 0 Å². The smallest absolute Gasteiger partial charge is 0.338 e. The van der Waals surface area contributed by atoms with E-state index in [0.29, 0.717) is 5.56 Å². The first kappa shape index (κ1) is 35.0. The minimum atomic E-state index is -3.04. The average Bonchev–Trinajstić information content (AvgIpc) is 3.14. The minimum absolute atomic E-state index is 0.0490. The number of rotatable bonds is 11. The second-order valence-electron chi connectivity index (χ2n) is 13.4. The van der Waals surface area contributed by atoms with Crippen LogP contribution in [0.1, 0.15) is 36.7 Å². The van der Waals surface area contributed by atoms with E-state index in [4.69, 9.17) is 18.6 Å². The number of azide groups is 1. The molecule has 1 saturated heterocycles. The molecule has 0 bridgehead atoms. The van der Waals surface area contributed by atoms with Crippen molar-refractivity contribution in [1.82, 2.24) is 0 Å². The maximum absolute atomic E-state index is 13.4. The highest BCUT2D eigenvalue weighted by Gasteiger charge is 2.53. The topological polar surface area (TPSA) is 123 Å². The normalized spacial score (nSPS) is 20.9. The van der Waals surface area contributed by atoms with Crippen LogP contribution in [0.4, 0.5) is 0 Å². The van der Waals surface area contributed by atoms with Crippen LogP contribution in [0.15, 0.2) is 139 Å². The number of aliphatic hydroxyl groups excluding tert-OH is 1. The molecule has 256 valence electrons. The predicted molar refractivity (Wildman–Crippen MR) is 196 cm³/mol. The van der Waals surface area contributed by atoms with Gasteiger partial charge in [-0.25, -0.2) is 4.79 Å². The molecule has 5 aromatic rings. The van der Waals surface area contributed by atoms with Gasteiger partial charge in [0, 0.05) is 4.91 Å². The van der Waals surface area contributed by atoms with E-state index in [2.05, 4.69) is 55.1 Å². The Morgan fingerprint density at radius 3 is 2.02 bits per heavy atom. The van der Waals surface area contributed by atoms with E-state index < -0.39 is 44.9 Å². The number of hydrogen-bond acceptors (Lipinski definition) is 7. The number of aliphatic hydroxyl groups is 1. The SMILES string of the molecule is CC(C)(C)[Si](OCC1OC(OCc2ccc3ccccc3c2)C(N=[N+]=[N-])[C@@H](OC(=O)c2ccccc2)[C@@H]1O)(c1ccccc1)c1ccccc1.